The van der Waals surface area contributed by atoms with Crippen LogP contribution in [0.5, 0.6) is 0 Å². The molecule has 0 N–H and O–H groups in total. The van der Waals surface area contributed by atoms with E-state index in [0.29, 0.717) is 5.56 Å². The van der Waals surface area contributed by atoms with Gasteiger partial charge in [0, 0.05) is 6.42 Å². The summed E-state index contributed by atoms with van der Waals surface area (Å²) in [6.45, 7) is 1.33. The number of carbonyl (C=O) groups is 2. The molecule has 0 aromatic heterocycles. The Kier molecular flexibility index (Phi) is 2.68. The van der Waals surface area contributed by atoms with E-state index in [4.69, 9.17) is 16.3 Å². The van der Waals surface area contributed by atoms with E-state index in [1.54, 1.807) is 0 Å². The van der Waals surface area contributed by atoms with Crippen molar-refractivity contribution in [1.82, 2.24) is 0 Å². The standard InChI is InChI=1S/C11H8ClFO3/c1-5(14)10-3-6-2-9(13)8(12)4-7(6)11(15)16-10/h2,4,10H,3H2,1H3. The number of ketones is 1. The Balaban J connectivity index is 2.46. The molecular formula is C11H8ClFO3. The van der Waals surface area contributed by atoms with Crippen LogP contribution in [0.1, 0.15) is 22.8 Å². The third kappa shape index (κ3) is 1.80. The van der Waals surface area contributed by atoms with Gasteiger partial charge in [-0.1, -0.05) is 11.6 Å². The van der Waals surface area contributed by atoms with E-state index in [0.717, 1.165) is 0 Å². The van der Waals surface area contributed by atoms with Crippen LogP contribution < -0.4 is 0 Å². The topological polar surface area (TPSA) is 43.4 Å². The first-order valence-electron chi connectivity index (χ1n) is 4.68. The predicted molar refractivity (Wildman–Crippen MR) is 55.0 cm³/mol. The molecule has 84 valence electrons. The first kappa shape index (κ1) is 11.1. The third-order valence-corrected chi connectivity index (χ3v) is 2.76. The van der Waals surface area contributed by atoms with Crippen molar-refractivity contribution in [3.8, 4) is 0 Å². The molecule has 0 saturated carbocycles. The van der Waals surface area contributed by atoms with Crippen molar-refractivity contribution in [2.45, 2.75) is 19.4 Å². The van der Waals surface area contributed by atoms with E-state index in [1.807, 2.05) is 0 Å². The van der Waals surface area contributed by atoms with E-state index in [-0.39, 0.29) is 22.8 Å². The molecule has 0 bridgehead atoms. The summed E-state index contributed by atoms with van der Waals surface area (Å²) in [6, 6.07) is 2.40. The molecule has 0 amide bonds. The lowest BCUT2D eigenvalue weighted by atomic mass is 9.97. The zero-order valence-electron chi connectivity index (χ0n) is 8.42. The van der Waals surface area contributed by atoms with E-state index >= 15 is 0 Å². The number of carbonyl (C=O) groups excluding carboxylic acids is 2. The van der Waals surface area contributed by atoms with Crippen LogP contribution in [-0.2, 0) is 16.0 Å². The maximum Gasteiger partial charge on any atom is 0.339 e. The Hall–Kier alpha value is -1.42. The molecule has 0 saturated heterocycles. The highest BCUT2D eigenvalue weighted by Gasteiger charge is 2.30. The van der Waals surface area contributed by atoms with E-state index in [9.17, 15) is 14.0 Å². The Morgan fingerprint density at radius 2 is 2.25 bits per heavy atom. The van der Waals surface area contributed by atoms with Crippen molar-refractivity contribution in [2.75, 3.05) is 0 Å². The fraction of sp³-hybridized carbons (Fsp3) is 0.273. The molecule has 3 nitrogen and oxygen atoms in total. The Morgan fingerprint density at radius 3 is 2.88 bits per heavy atom. The highest BCUT2D eigenvalue weighted by molar-refractivity contribution is 6.31. The van der Waals surface area contributed by atoms with Crippen molar-refractivity contribution < 1.29 is 18.7 Å². The molecule has 0 aliphatic carbocycles. The summed E-state index contributed by atoms with van der Waals surface area (Å²) in [5.74, 6) is -1.49. The molecule has 16 heavy (non-hydrogen) atoms. The second kappa shape index (κ2) is 3.87. The highest BCUT2D eigenvalue weighted by Crippen LogP contribution is 2.26. The zero-order valence-corrected chi connectivity index (χ0v) is 9.18. The maximum absolute atomic E-state index is 13.2. The molecular weight excluding hydrogens is 235 g/mol. The molecule has 1 heterocycles. The van der Waals surface area contributed by atoms with Gasteiger partial charge in [-0.15, -0.1) is 0 Å². The summed E-state index contributed by atoms with van der Waals surface area (Å²) >= 11 is 5.56. The number of hydrogen-bond acceptors (Lipinski definition) is 3. The van der Waals surface area contributed by atoms with Gasteiger partial charge in [-0.2, -0.15) is 0 Å². The van der Waals surface area contributed by atoms with Crippen LogP contribution >= 0.6 is 11.6 Å². The summed E-state index contributed by atoms with van der Waals surface area (Å²) in [5.41, 5.74) is 0.683. The normalized spacial score (nSPS) is 18.9. The average molecular weight is 243 g/mol. The number of fused-ring (bicyclic) bond motifs is 1. The van der Waals surface area contributed by atoms with Crippen LogP contribution in [0.3, 0.4) is 0 Å². The van der Waals surface area contributed by atoms with Crippen LogP contribution in [0.2, 0.25) is 5.02 Å². The van der Waals surface area contributed by atoms with Gasteiger partial charge in [0.2, 0.25) is 0 Å². The van der Waals surface area contributed by atoms with Gasteiger partial charge in [0.05, 0.1) is 10.6 Å². The van der Waals surface area contributed by atoms with Crippen molar-refractivity contribution in [1.29, 1.82) is 0 Å². The van der Waals surface area contributed by atoms with Gasteiger partial charge in [0.1, 0.15) is 5.82 Å². The van der Waals surface area contributed by atoms with Gasteiger partial charge in [-0.05, 0) is 24.6 Å². The summed E-state index contributed by atoms with van der Waals surface area (Å²) in [6.07, 6.45) is -0.620. The van der Waals surface area contributed by atoms with Crippen LogP contribution in [0.15, 0.2) is 12.1 Å². The van der Waals surface area contributed by atoms with Crippen LogP contribution in [-0.4, -0.2) is 17.9 Å². The lowest BCUT2D eigenvalue weighted by Crippen LogP contribution is -2.33. The number of halogens is 2. The fourth-order valence-corrected chi connectivity index (χ4v) is 1.77. The number of cyclic esters (lactones) is 1. The molecule has 5 heteroatoms. The van der Waals surface area contributed by atoms with E-state index < -0.39 is 17.9 Å². The molecule has 1 aromatic rings. The lowest BCUT2D eigenvalue weighted by molar-refractivity contribution is -0.125. The van der Waals surface area contributed by atoms with E-state index in [2.05, 4.69) is 0 Å². The van der Waals surface area contributed by atoms with Crippen molar-refractivity contribution in [2.24, 2.45) is 0 Å². The Morgan fingerprint density at radius 1 is 1.56 bits per heavy atom. The number of esters is 1. The number of ether oxygens (including phenoxy) is 1. The third-order valence-electron chi connectivity index (χ3n) is 2.47. The van der Waals surface area contributed by atoms with Gasteiger partial charge in [-0.25, -0.2) is 9.18 Å². The molecule has 1 unspecified atom stereocenters. The largest absolute Gasteiger partial charge is 0.450 e. The van der Waals surface area contributed by atoms with Crippen molar-refractivity contribution >= 4 is 23.4 Å². The molecule has 0 spiro atoms. The van der Waals surface area contributed by atoms with Gasteiger partial charge in [0.15, 0.2) is 11.9 Å². The van der Waals surface area contributed by atoms with Crippen molar-refractivity contribution in [3.63, 3.8) is 0 Å². The Bertz CT molecular complexity index is 484. The van der Waals surface area contributed by atoms with Gasteiger partial charge in [-0.3, -0.25) is 4.79 Å². The number of rotatable bonds is 1. The second-order valence-electron chi connectivity index (χ2n) is 3.63. The average Bonchev–Trinajstić information content (AvgIpc) is 2.20. The van der Waals surface area contributed by atoms with Gasteiger partial charge < -0.3 is 4.74 Å². The minimum Gasteiger partial charge on any atom is -0.450 e. The summed E-state index contributed by atoms with van der Waals surface area (Å²) < 4.78 is 18.1. The molecule has 2 rings (SSSR count). The number of hydrogen-bond donors (Lipinski definition) is 0. The molecule has 1 aliphatic heterocycles. The minimum absolute atomic E-state index is 0.128. The predicted octanol–water partition coefficient (Wildman–Crippen LogP) is 2.15. The number of Topliss-reactive ketones (excluding diaryl/α,β-unsaturated/α-hetero) is 1. The van der Waals surface area contributed by atoms with Crippen LogP contribution in [0.25, 0.3) is 0 Å². The molecule has 0 radical (unpaired) electrons. The molecule has 1 aliphatic rings. The monoisotopic (exact) mass is 242 g/mol. The molecule has 1 aromatic carbocycles. The highest BCUT2D eigenvalue weighted by atomic mass is 35.5. The van der Waals surface area contributed by atoms with Crippen LogP contribution in [0.4, 0.5) is 4.39 Å². The summed E-state index contributed by atoms with van der Waals surface area (Å²) in [7, 11) is 0. The lowest BCUT2D eigenvalue weighted by Gasteiger charge is -2.22. The first-order valence-corrected chi connectivity index (χ1v) is 5.06. The molecule has 0 fully saturated rings. The maximum atomic E-state index is 13.2. The fourth-order valence-electron chi connectivity index (χ4n) is 1.61. The minimum atomic E-state index is -0.819. The number of benzene rings is 1. The smallest absolute Gasteiger partial charge is 0.339 e. The zero-order chi connectivity index (χ0) is 11.9. The van der Waals surface area contributed by atoms with E-state index in [1.165, 1.54) is 19.1 Å². The SMILES string of the molecule is CC(=O)C1Cc2cc(F)c(Cl)cc2C(=O)O1. The second-order valence-corrected chi connectivity index (χ2v) is 4.04. The summed E-state index contributed by atoms with van der Waals surface area (Å²) in [4.78, 5) is 22.6. The van der Waals surface area contributed by atoms with Gasteiger partial charge in [0.25, 0.3) is 0 Å². The van der Waals surface area contributed by atoms with Crippen LogP contribution in [0, 0.1) is 5.82 Å². The Labute approximate surface area is 96.2 Å². The molecule has 1 atom stereocenters. The van der Waals surface area contributed by atoms with Crippen molar-refractivity contribution in [3.05, 3.63) is 34.1 Å². The first-order chi connectivity index (χ1) is 7.49. The summed E-state index contributed by atoms with van der Waals surface area (Å²) in [5, 5.41) is -0.128. The quantitative estimate of drug-likeness (QED) is 0.709. The van der Waals surface area contributed by atoms with Gasteiger partial charge >= 0.3 is 5.97 Å².